The van der Waals surface area contributed by atoms with Crippen molar-refractivity contribution in [3.63, 3.8) is 0 Å². The molecule has 7 heteroatoms. The molecule has 0 spiro atoms. The predicted molar refractivity (Wildman–Crippen MR) is 85.9 cm³/mol. The van der Waals surface area contributed by atoms with Crippen molar-refractivity contribution in [2.45, 2.75) is 24.9 Å². The molecule has 0 aliphatic rings. The van der Waals surface area contributed by atoms with Gasteiger partial charge in [0.25, 0.3) is 0 Å². The lowest BCUT2D eigenvalue weighted by Gasteiger charge is -2.06. The molecule has 22 heavy (non-hydrogen) atoms. The Morgan fingerprint density at radius 2 is 2.05 bits per heavy atom. The Bertz CT molecular complexity index is 625. The largest absolute Gasteiger partial charge is 0.493 e. The number of carbonyl (C=O) groups is 1. The van der Waals surface area contributed by atoms with Crippen molar-refractivity contribution < 1.29 is 9.53 Å². The fraction of sp³-hybridized carbons (Fsp3) is 0.400. The number of aryl methyl sites for hydroxylation is 2. The van der Waals surface area contributed by atoms with Crippen LogP contribution in [-0.4, -0.2) is 33.0 Å². The highest BCUT2D eigenvalue weighted by Gasteiger charge is 2.10. The summed E-state index contributed by atoms with van der Waals surface area (Å²) in [5.41, 5.74) is 6.35. The van der Waals surface area contributed by atoms with Gasteiger partial charge in [0, 0.05) is 25.6 Å². The molecule has 0 unspecified atom stereocenters. The zero-order valence-corrected chi connectivity index (χ0v) is 13.6. The van der Waals surface area contributed by atoms with Crippen LogP contribution in [0.25, 0.3) is 0 Å². The number of amides is 1. The fourth-order valence-corrected chi connectivity index (χ4v) is 2.60. The van der Waals surface area contributed by atoms with Gasteiger partial charge in [-0.3, -0.25) is 4.79 Å². The van der Waals surface area contributed by atoms with E-state index >= 15 is 0 Å². The van der Waals surface area contributed by atoms with Crippen LogP contribution in [-0.2, 0) is 18.3 Å². The lowest BCUT2D eigenvalue weighted by molar-refractivity contribution is -0.118. The molecule has 0 radical (unpaired) electrons. The van der Waals surface area contributed by atoms with E-state index in [0.29, 0.717) is 13.0 Å². The number of aromatic nitrogens is 3. The number of benzene rings is 1. The summed E-state index contributed by atoms with van der Waals surface area (Å²) in [6.45, 7) is 2.64. The molecule has 0 saturated carbocycles. The minimum atomic E-state index is -0.330. The van der Waals surface area contributed by atoms with Gasteiger partial charge >= 0.3 is 0 Å². The highest BCUT2D eigenvalue weighted by atomic mass is 32.2. The first kappa shape index (κ1) is 16.4. The molecule has 1 aromatic carbocycles. The van der Waals surface area contributed by atoms with Crippen molar-refractivity contribution in [3.8, 4) is 5.75 Å². The Morgan fingerprint density at radius 3 is 2.73 bits per heavy atom. The van der Waals surface area contributed by atoms with Gasteiger partial charge in [0.15, 0.2) is 5.16 Å². The Morgan fingerprint density at radius 1 is 1.32 bits per heavy atom. The molecule has 1 amide bonds. The molecule has 2 rings (SSSR count). The second kappa shape index (κ2) is 7.84. The lowest BCUT2D eigenvalue weighted by Crippen LogP contribution is -2.12. The summed E-state index contributed by atoms with van der Waals surface area (Å²) in [7, 11) is 1.89. The number of ether oxygens (including phenoxy) is 1. The van der Waals surface area contributed by atoms with Crippen LogP contribution in [0.5, 0.6) is 5.75 Å². The fourth-order valence-electron chi connectivity index (χ4n) is 1.85. The summed E-state index contributed by atoms with van der Waals surface area (Å²) in [6, 6.07) is 7.97. The smallest absolute Gasteiger partial charge is 0.217 e. The van der Waals surface area contributed by atoms with E-state index in [-0.39, 0.29) is 12.3 Å². The van der Waals surface area contributed by atoms with Crippen molar-refractivity contribution in [1.29, 1.82) is 0 Å². The van der Waals surface area contributed by atoms with E-state index < -0.39 is 0 Å². The maximum atomic E-state index is 10.8. The van der Waals surface area contributed by atoms with Crippen LogP contribution < -0.4 is 10.5 Å². The van der Waals surface area contributed by atoms with Crippen LogP contribution in [0.3, 0.4) is 0 Å². The highest BCUT2D eigenvalue weighted by molar-refractivity contribution is 7.99. The Hall–Kier alpha value is -2.02. The third kappa shape index (κ3) is 4.77. The molecule has 1 heterocycles. The zero-order valence-electron chi connectivity index (χ0n) is 12.8. The molecule has 0 saturated heterocycles. The molecule has 0 aliphatic carbocycles. The Balaban J connectivity index is 1.77. The summed E-state index contributed by atoms with van der Waals surface area (Å²) < 4.78 is 7.56. The van der Waals surface area contributed by atoms with Gasteiger partial charge < -0.3 is 15.0 Å². The van der Waals surface area contributed by atoms with Crippen molar-refractivity contribution in [3.05, 3.63) is 35.7 Å². The SMILES string of the molecule is Cc1ccc(OCCSc2nnc(CCC(N)=O)n2C)cc1. The van der Waals surface area contributed by atoms with E-state index in [4.69, 9.17) is 10.5 Å². The molecule has 0 bridgehead atoms. The van der Waals surface area contributed by atoms with Gasteiger partial charge in [-0.2, -0.15) is 0 Å². The van der Waals surface area contributed by atoms with Crippen LogP contribution >= 0.6 is 11.8 Å². The van der Waals surface area contributed by atoms with E-state index in [9.17, 15) is 4.79 Å². The first-order valence-electron chi connectivity index (χ1n) is 7.05. The summed E-state index contributed by atoms with van der Waals surface area (Å²) in [4.78, 5) is 10.8. The van der Waals surface area contributed by atoms with Crippen molar-refractivity contribution in [2.75, 3.05) is 12.4 Å². The normalized spacial score (nSPS) is 10.6. The molecule has 1 aromatic heterocycles. The van der Waals surface area contributed by atoms with Crippen LogP contribution in [0.15, 0.2) is 29.4 Å². The second-order valence-corrected chi connectivity index (χ2v) is 6.00. The minimum Gasteiger partial charge on any atom is -0.493 e. The number of nitrogens with two attached hydrogens (primary N) is 1. The van der Waals surface area contributed by atoms with Crippen molar-refractivity contribution in [1.82, 2.24) is 14.8 Å². The van der Waals surface area contributed by atoms with E-state index in [1.54, 1.807) is 11.8 Å². The number of thioether (sulfide) groups is 1. The van der Waals surface area contributed by atoms with E-state index in [1.807, 2.05) is 42.8 Å². The molecule has 6 nitrogen and oxygen atoms in total. The van der Waals surface area contributed by atoms with Gasteiger partial charge in [0.2, 0.25) is 5.91 Å². The second-order valence-electron chi connectivity index (χ2n) is 4.93. The van der Waals surface area contributed by atoms with Gasteiger partial charge in [-0.05, 0) is 19.1 Å². The zero-order chi connectivity index (χ0) is 15.9. The summed E-state index contributed by atoms with van der Waals surface area (Å²) >= 11 is 1.57. The number of carbonyl (C=O) groups excluding carboxylic acids is 1. The van der Waals surface area contributed by atoms with Crippen LogP contribution in [0.1, 0.15) is 17.8 Å². The van der Waals surface area contributed by atoms with Gasteiger partial charge in [-0.15, -0.1) is 10.2 Å². The van der Waals surface area contributed by atoms with Gasteiger partial charge in [0.1, 0.15) is 11.6 Å². The Kier molecular flexibility index (Phi) is 5.83. The van der Waals surface area contributed by atoms with Crippen LogP contribution in [0.2, 0.25) is 0 Å². The number of nitrogens with zero attached hydrogens (tertiary/aromatic N) is 3. The molecule has 0 fully saturated rings. The molecule has 0 atom stereocenters. The first-order valence-corrected chi connectivity index (χ1v) is 8.03. The highest BCUT2D eigenvalue weighted by Crippen LogP contribution is 2.17. The van der Waals surface area contributed by atoms with Crippen LogP contribution in [0.4, 0.5) is 0 Å². The standard InChI is InChI=1S/C15H20N4O2S/c1-11-3-5-12(6-4-11)21-9-10-22-15-18-17-14(19(15)2)8-7-13(16)20/h3-6H,7-10H2,1-2H3,(H2,16,20). The third-order valence-electron chi connectivity index (χ3n) is 3.12. The van der Waals surface area contributed by atoms with Gasteiger partial charge in [0.05, 0.1) is 6.61 Å². The van der Waals surface area contributed by atoms with Crippen molar-refractivity contribution in [2.24, 2.45) is 12.8 Å². The maximum absolute atomic E-state index is 10.8. The summed E-state index contributed by atoms with van der Waals surface area (Å²) in [5, 5.41) is 9.01. The summed E-state index contributed by atoms with van der Waals surface area (Å²) in [6.07, 6.45) is 0.798. The van der Waals surface area contributed by atoms with E-state index in [2.05, 4.69) is 10.2 Å². The van der Waals surface area contributed by atoms with E-state index in [0.717, 1.165) is 22.5 Å². The first-order chi connectivity index (χ1) is 10.6. The molecular formula is C15H20N4O2S. The lowest BCUT2D eigenvalue weighted by atomic mass is 10.2. The monoisotopic (exact) mass is 320 g/mol. The number of rotatable bonds is 8. The van der Waals surface area contributed by atoms with E-state index in [1.165, 1.54) is 5.56 Å². The minimum absolute atomic E-state index is 0.285. The van der Waals surface area contributed by atoms with Crippen molar-refractivity contribution >= 4 is 17.7 Å². The molecule has 2 aromatic rings. The third-order valence-corrected chi connectivity index (χ3v) is 4.11. The maximum Gasteiger partial charge on any atom is 0.217 e. The van der Waals surface area contributed by atoms with Gasteiger partial charge in [-0.1, -0.05) is 29.5 Å². The topological polar surface area (TPSA) is 83.0 Å². The quantitative estimate of drug-likeness (QED) is 0.591. The van der Waals surface area contributed by atoms with Gasteiger partial charge in [-0.25, -0.2) is 0 Å². The predicted octanol–water partition coefficient (Wildman–Crippen LogP) is 1.71. The number of primary amides is 1. The average molecular weight is 320 g/mol. The Labute approximate surface area is 134 Å². The number of hydrogen-bond donors (Lipinski definition) is 1. The molecule has 0 aliphatic heterocycles. The molecule has 118 valence electrons. The molecular weight excluding hydrogens is 300 g/mol. The average Bonchev–Trinajstić information content (AvgIpc) is 2.84. The summed E-state index contributed by atoms with van der Waals surface area (Å²) in [5.74, 6) is 2.08. The van der Waals surface area contributed by atoms with Crippen LogP contribution in [0, 0.1) is 6.92 Å². The molecule has 2 N–H and O–H groups in total. The number of hydrogen-bond acceptors (Lipinski definition) is 5.